The molecule has 34 heavy (non-hydrogen) atoms. The van der Waals surface area contributed by atoms with E-state index in [4.69, 9.17) is 11.6 Å². The van der Waals surface area contributed by atoms with Crippen LogP contribution in [0.3, 0.4) is 0 Å². The van der Waals surface area contributed by atoms with Gasteiger partial charge < -0.3 is 20.5 Å². The van der Waals surface area contributed by atoms with Crippen molar-refractivity contribution in [3.8, 4) is 0 Å². The molecule has 1 aromatic carbocycles. The maximum absolute atomic E-state index is 13.0. The second kappa shape index (κ2) is 9.38. The number of likely N-dealkylation sites (N-methyl/N-ethyl adjacent to an activating group) is 2. The predicted molar refractivity (Wildman–Crippen MR) is 134 cm³/mol. The maximum atomic E-state index is 13.0. The summed E-state index contributed by atoms with van der Waals surface area (Å²) < 4.78 is 14.2. The summed E-state index contributed by atoms with van der Waals surface area (Å²) in [6, 6.07) is 6.16. The normalized spacial score (nSPS) is 23.6. The van der Waals surface area contributed by atoms with Crippen LogP contribution in [0.2, 0.25) is 5.02 Å². The van der Waals surface area contributed by atoms with E-state index in [0.29, 0.717) is 22.3 Å². The van der Waals surface area contributed by atoms with Crippen molar-refractivity contribution in [3.05, 3.63) is 50.6 Å². The van der Waals surface area contributed by atoms with Gasteiger partial charge in [-0.05, 0) is 38.4 Å². The zero-order valence-electron chi connectivity index (χ0n) is 18.8. The fraction of sp³-hybridized carbons (Fsp3) is 0.409. The highest BCUT2D eigenvalue weighted by Gasteiger charge is 2.35. The number of amides is 2. The number of aromatic nitrogens is 2. The van der Waals surface area contributed by atoms with Crippen molar-refractivity contribution in [1.29, 1.82) is 0 Å². The Morgan fingerprint density at radius 2 is 2.00 bits per heavy atom. The van der Waals surface area contributed by atoms with Crippen molar-refractivity contribution in [3.63, 3.8) is 0 Å². The number of carbonyl (C=O) groups is 2. The molecule has 4 heterocycles. The molecule has 0 aliphatic carbocycles. The molecule has 180 valence electrons. The Morgan fingerprint density at radius 3 is 2.82 bits per heavy atom. The van der Waals surface area contributed by atoms with Gasteiger partial charge in [0.2, 0.25) is 0 Å². The Labute approximate surface area is 208 Å². The summed E-state index contributed by atoms with van der Waals surface area (Å²) in [7, 11) is 2.53. The molecule has 2 aliphatic heterocycles. The second-order valence-corrected chi connectivity index (χ2v) is 11.9. The minimum atomic E-state index is -1.26. The quantitative estimate of drug-likeness (QED) is 0.485. The third-order valence-corrected chi connectivity index (χ3v) is 8.99. The summed E-state index contributed by atoms with van der Waals surface area (Å²) in [5, 5.41) is 7.82. The van der Waals surface area contributed by atoms with Crippen molar-refractivity contribution in [2.45, 2.75) is 25.0 Å². The number of halogens is 1. The summed E-state index contributed by atoms with van der Waals surface area (Å²) in [5.74, 6) is -0.392. The van der Waals surface area contributed by atoms with Crippen molar-refractivity contribution in [2.75, 3.05) is 32.9 Å². The first-order valence-electron chi connectivity index (χ1n) is 10.9. The lowest BCUT2D eigenvalue weighted by atomic mass is 10.1. The first kappa shape index (κ1) is 23.4. The monoisotopic (exact) mass is 520 g/mol. The van der Waals surface area contributed by atoms with Crippen molar-refractivity contribution >= 4 is 56.6 Å². The van der Waals surface area contributed by atoms with Gasteiger partial charge in [0.15, 0.2) is 5.01 Å². The van der Waals surface area contributed by atoms with Gasteiger partial charge in [0.05, 0.1) is 34.5 Å². The standard InChI is InChI=1S/C22H25ClN6O3S2/c1-28-6-5-15-19(10-28)33-22(27-15)21(31)25-17-9-29(2)34(32)11-18(17)26-20(30)16-8-12-7-13(23)3-4-14(12)24-16/h3-4,7-8,17-18,24H,5-6,9-11H2,1-2H3,(H,25,31)(H,26,30)/t17-,18+,34?/m0/s1. The van der Waals surface area contributed by atoms with Gasteiger partial charge in [-0.2, -0.15) is 0 Å². The molecule has 3 atom stereocenters. The van der Waals surface area contributed by atoms with E-state index in [1.165, 1.54) is 11.3 Å². The molecule has 1 unspecified atom stereocenters. The number of hydrogen-bond donors (Lipinski definition) is 3. The smallest absolute Gasteiger partial charge is 0.280 e. The molecular weight excluding hydrogens is 496 g/mol. The number of aromatic amines is 1. The van der Waals surface area contributed by atoms with Gasteiger partial charge in [-0.15, -0.1) is 11.3 Å². The lowest BCUT2D eigenvalue weighted by Crippen LogP contribution is -2.62. The van der Waals surface area contributed by atoms with Gasteiger partial charge in [0, 0.05) is 46.9 Å². The SMILES string of the molecule is CN1CCc2nc(C(=O)N[C@H]3CN(C)S(=O)C[C@H]3NC(=O)c3cc4cc(Cl)ccc4[nH]3)sc2C1. The predicted octanol–water partition coefficient (Wildman–Crippen LogP) is 1.77. The Hall–Kier alpha value is -2.31. The molecule has 12 heteroatoms. The number of thiazole rings is 1. The molecule has 0 spiro atoms. The number of hydrogen-bond acceptors (Lipinski definition) is 6. The molecule has 9 nitrogen and oxygen atoms in total. The highest BCUT2D eigenvalue weighted by Crippen LogP contribution is 2.25. The number of carbonyl (C=O) groups excluding carboxylic acids is 2. The van der Waals surface area contributed by atoms with Crippen LogP contribution in [-0.2, 0) is 24.0 Å². The number of nitrogens with zero attached hydrogens (tertiary/aromatic N) is 3. The third-order valence-electron chi connectivity index (χ3n) is 6.19. The minimum absolute atomic E-state index is 0.207. The molecule has 1 saturated heterocycles. The van der Waals surface area contributed by atoms with E-state index in [2.05, 4.69) is 32.5 Å². The molecule has 0 radical (unpaired) electrons. The van der Waals surface area contributed by atoms with Crippen molar-refractivity contribution < 1.29 is 13.8 Å². The highest BCUT2D eigenvalue weighted by molar-refractivity contribution is 7.82. The third kappa shape index (κ3) is 4.76. The van der Waals surface area contributed by atoms with Gasteiger partial charge in [-0.25, -0.2) is 13.5 Å². The van der Waals surface area contributed by atoms with Crippen LogP contribution in [0.4, 0.5) is 0 Å². The van der Waals surface area contributed by atoms with Crippen LogP contribution in [0.5, 0.6) is 0 Å². The number of fused-ring (bicyclic) bond motifs is 2. The number of H-pyrrole nitrogens is 1. The summed E-state index contributed by atoms with van der Waals surface area (Å²) >= 11 is 7.46. The summed E-state index contributed by atoms with van der Waals surface area (Å²) in [6.45, 7) is 2.06. The fourth-order valence-corrected chi connectivity index (χ4v) is 6.77. The van der Waals surface area contributed by atoms with Gasteiger partial charge in [-0.3, -0.25) is 9.59 Å². The Bertz CT molecular complexity index is 1290. The Kier molecular flexibility index (Phi) is 6.47. The maximum Gasteiger partial charge on any atom is 0.280 e. The molecule has 3 aromatic rings. The molecule has 2 aromatic heterocycles. The van der Waals surface area contributed by atoms with Crippen LogP contribution in [0, 0.1) is 0 Å². The van der Waals surface area contributed by atoms with Gasteiger partial charge in [0.1, 0.15) is 5.69 Å². The highest BCUT2D eigenvalue weighted by atomic mass is 35.5. The van der Waals surface area contributed by atoms with E-state index in [0.717, 1.165) is 41.0 Å². The van der Waals surface area contributed by atoms with Crippen molar-refractivity contribution in [1.82, 2.24) is 29.8 Å². The lowest BCUT2D eigenvalue weighted by Gasteiger charge is -2.36. The van der Waals surface area contributed by atoms with Gasteiger partial charge in [0.25, 0.3) is 11.8 Å². The summed E-state index contributed by atoms with van der Waals surface area (Å²) in [5.41, 5.74) is 2.16. The molecule has 0 bridgehead atoms. The van der Waals surface area contributed by atoms with E-state index < -0.39 is 23.1 Å². The van der Waals surface area contributed by atoms with E-state index in [-0.39, 0.29) is 17.6 Å². The van der Waals surface area contributed by atoms with Crippen LogP contribution in [0.1, 0.15) is 30.9 Å². The molecule has 2 aliphatic rings. The number of nitrogens with one attached hydrogen (secondary N) is 3. The number of rotatable bonds is 4. The lowest BCUT2D eigenvalue weighted by molar-refractivity contribution is 0.0876. The zero-order valence-corrected chi connectivity index (χ0v) is 21.1. The molecule has 3 N–H and O–H groups in total. The fourth-order valence-electron chi connectivity index (χ4n) is 4.30. The summed E-state index contributed by atoms with van der Waals surface area (Å²) in [4.78, 5) is 37.0. The second-order valence-electron chi connectivity index (χ2n) is 8.75. The van der Waals surface area contributed by atoms with E-state index in [1.54, 1.807) is 29.6 Å². The van der Waals surface area contributed by atoms with Crippen LogP contribution in [0.15, 0.2) is 24.3 Å². The molecule has 0 saturated carbocycles. The molecule has 2 amide bonds. The first-order chi connectivity index (χ1) is 16.3. The Balaban J connectivity index is 1.32. The topological polar surface area (TPSA) is 110 Å². The van der Waals surface area contributed by atoms with Crippen molar-refractivity contribution in [2.24, 2.45) is 0 Å². The van der Waals surface area contributed by atoms with Crippen LogP contribution in [-0.4, -0.2) is 80.2 Å². The zero-order chi connectivity index (χ0) is 24.0. The molecule has 5 rings (SSSR count). The Morgan fingerprint density at radius 1 is 1.21 bits per heavy atom. The van der Waals surface area contributed by atoms with E-state index >= 15 is 0 Å². The molecular formula is C22H25ClN6O3S2. The molecule has 1 fully saturated rings. The van der Waals surface area contributed by atoms with Crippen LogP contribution in [0.25, 0.3) is 10.9 Å². The first-order valence-corrected chi connectivity index (χ1v) is 13.4. The van der Waals surface area contributed by atoms with E-state index in [9.17, 15) is 13.8 Å². The minimum Gasteiger partial charge on any atom is -0.351 e. The number of benzene rings is 1. The largest absolute Gasteiger partial charge is 0.351 e. The summed E-state index contributed by atoms with van der Waals surface area (Å²) in [6.07, 6.45) is 0.829. The van der Waals surface area contributed by atoms with Gasteiger partial charge in [-0.1, -0.05) is 11.6 Å². The average Bonchev–Trinajstić information content (AvgIpc) is 3.40. The van der Waals surface area contributed by atoms with E-state index in [1.807, 2.05) is 6.07 Å². The van der Waals surface area contributed by atoms with Crippen LogP contribution >= 0.6 is 22.9 Å². The van der Waals surface area contributed by atoms with Crippen LogP contribution < -0.4 is 10.6 Å². The van der Waals surface area contributed by atoms with Gasteiger partial charge >= 0.3 is 0 Å². The average molecular weight is 521 g/mol.